The molecule has 0 saturated carbocycles. The zero-order valence-electron chi connectivity index (χ0n) is 16.0. The highest BCUT2D eigenvalue weighted by Gasteiger charge is 2.26. The Balaban J connectivity index is 1.39. The van der Waals surface area contributed by atoms with Gasteiger partial charge in [-0.25, -0.2) is 4.39 Å². The summed E-state index contributed by atoms with van der Waals surface area (Å²) < 4.78 is 13.8. The van der Waals surface area contributed by atoms with Gasteiger partial charge in [-0.1, -0.05) is 48.5 Å². The summed E-state index contributed by atoms with van der Waals surface area (Å²) in [6.07, 6.45) is 3.60. The van der Waals surface area contributed by atoms with E-state index in [1.165, 1.54) is 11.6 Å². The van der Waals surface area contributed by atoms with Crippen molar-refractivity contribution in [3.8, 4) is 0 Å². The first-order chi connectivity index (χ1) is 13.1. The Morgan fingerprint density at radius 1 is 1.11 bits per heavy atom. The second-order valence-corrected chi connectivity index (χ2v) is 7.58. The smallest absolute Gasteiger partial charge is 0.223 e. The lowest BCUT2D eigenvalue weighted by atomic mass is 9.95. The van der Waals surface area contributed by atoms with E-state index in [1.807, 2.05) is 30.3 Å². The minimum atomic E-state index is -0.149. The Morgan fingerprint density at radius 3 is 2.48 bits per heavy atom. The third-order valence-corrected chi connectivity index (χ3v) is 5.41. The molecule has 4 heteroatoms. The Morgan fingerprint density at radius 2 is 1.78 bits per heavy atom. The van der Waals surface area contributed by atoms with Crippen LogP contribution >= 0.6 is 0 Å². The van der Waals surface area contributed by atoms with Gasteiger partial charge in [0.25, 0.3) is 0 Å². The maximum atomic E-state index is 13.8. The van der Waals surface area contributed by atoms with Crippen LogP contribution in [0.4, 0.5) is 4.39 Å². The molecule has 0 unspecified atom stereocenters. The molecular formula is C23H29FN2O. The molecule has 144 valence electrons. The summed E-state index contributed by atoms with van der Waals surface area (Å²) in [4.78, 5) is 14.8. The fraction of sp³-hybridized carbons (Fsp3) is 0.435. The predicted octanol–water partition coefficient (Wildman–Crippen LogP) is 4.18. The van der Waals surface area contributed by atoms with E-state index in [4.69, 9.17) is 0 Å². The fourth-order valence-electron chi connectivity index (χ4n) is 3.68. The van der Waals surface area contributed by atoms with Gasteiger partial charge < -0.3 is 5.32 Å². The lowest BCUT2D eigenvalue weighted by molar-refractivity contribution is -0.127. The number of halogens is 1. The normalized spacial score (nSPS) is 16.8. The van der Waals surface area contributed by atoms with Crippen LogP contribution in [0.15, 0.2) is 54.6 Å². The molecule has 0 spiro atoms. The first kappa shape index (κ1) is 19.6. The maximum absolute atomic E-state index is 13.8. The number of amides is 1. The molecule has 27 heavy (non-hydrogen) atoms. The first-order valence-corrected chi connectivity index (χ1v) is 9.92. The Kier molecular flexibility index (Phi) is 6.99. The van der Waals surface area contributed by atoms with Crippen LogP contribution in [0.2, 0.25) is 0 Å². The van der Waals surface area contributed by atoms with E-state index >= 15 is 0 Å². The first-order valence-electron chi connectivity index (χ1n) is 9.92. The van der Waals surface area contributed by atoms with Gasteiger partial charge in [-0.2, -0.15) is 0 Å². The van der Waals surface area contributed by atoms with Crippen molar-refractivity contribution in [1.82, 2.24) is 10.2 Å². The molecule has 1 saturated heterocycles. The number of hydrogen-bond acceptors (Lipinski definition) is 2. The van der Waals surface area contributed by atoms with Crippen molar-refractivity contribution >= 4 is 5.91 Å². The van der Waals surface area contributed by atoms with Gasteiger partial charge in [-0.15, -0.1) is 0 Å². The summed E-state index contributed by atoms with van der Waals surface area (Å²) in [5.74, 6) is 0.0896. The molecular weight excluding hydrogens is 339 g/mol. The van der Waals surface area contributed by atoms with Gasteiger partial charge in [-0.05, 0) is 57.3 Å². The number of carbonyl (C=O) groups is 1. The van der Waals surface area contributed by atoms with Crippen LogP contribution in [-0.2, 0) is 17.8 Å². The van der Waals surface area contributed by atoms with Crippen molar-refractivity contribution in [1.29, 1.82) is 0 Å². The highest BCUT2D eigenvalue weighted by molar-refractivity contribution is 5.79. The molecule has 3 rings (SSSR count). The standard InChI is InChI=1S/C23H29FN2O/c1-18(11-12-19-7-3-2-4-8-19)25-23(27)20-13-15-26(16-14-20)17-21-9-5-6-10-22(21)24/h2-10,18,20H,11-17H2,1H3,(H,25,27)/t18-/m1/s1. The monoisotopic (exact) mass is 368 g/mol. The van der Waals surface area contributed by atoms with Crippen molar-refractivity contribution in [2.45, 2.75) is 45.2 Å². The molecule has 1 amide bonds. The minimum Gasteiger partial charge on any atom is -0.353 e. The minimum absolute atomic E-state index is 0.0704. The molecule has 1 atom stereocenters. The van der Waals surface area contributed by atoms with E-state index in [0.29, 0.717) is 6.54 Å². The van der Waals surface area contributed by atoms with Gasteiger partial charge >= 0.3 is 0 Å². The van der Waals surface area contributed by atoms with Gasteiger partial charge in [0, 0.05) is 24.1 Å². The number of rotatable bonds is 7. The van der Waals surface area contributed by atoms with Crippen LogP contribution in [-0.4, -0.2) is 29.9 Å². The van der Waals surface area contributed by atoms with E-state index in [0.717, 1.165) is 44.3 Å². The summed E-state index contributed by atoms with van der Waals surface area (Å²) in [7, 11) is 0. The summed E-state index contributed by atoms with van der Waals surface area (Å²) >= 11 is 0. The number of benzene rings is 2. The van der Waals surface area contributed by atoms with Gasteiger partial charge in [0.15, 0.2) is 0 Å². The molecule has 0 aromatic heterocycles. The molecule has 1 fully saturated rings. The number of aryl methyl sites for hydroxylation is 1. The SMILES string of the molecule is C[C@H](CCc1ccccc1)NC(=O)C1CCN(Cc2ccccc2F)CC1. The molecule has 3 nitrogen and oxygen atoms in total. The summed E-state index contributed by atoms with van der Waals surface area (Å²) in [5.41, 5.74) is 2.04. The van der Waals surface area contributed by atoms with Crippen LogP contribution in [0.25, 0.3) is 0 Å². The average molecular weight is 368 g/mol. The van der Waals surface area contributed by atoms with E-state index in [2.05, 4.69) is 29.3 Å². The second kappa shape index (κ2) is 9.65. The van der Waals surface area contributed by atoms with Crippen molar-refractivity contribution in [2.75, 3.05) is 13.1 Å². The molecule has 0 aliphatic carbocycles. The lowest BCUT2D eigenvalue weighted by Gasteiger charge is -2.32. The number of nitrogens with one attached hydrogen (secondary N) is 1. The Bertz CT molecular complexity index is 726. The van der Waals surface area contributed by atoms with Crippen LogP contribution in [0, 0.1) is 11.7 Å². The summed E-state index contributed by atoms with van der Waals surface area (Å²) in [6, 6.07) is 17.5. The Labute approximate surface area is 161 Å². The van der Waals surface area contributed by atoms with Gasteiger partial charge in [-0.3, -0.25) is 9.69 Å². The molecule has 1 aliphatic rings. The molecule has 1 N–H and O–H groups in total. The van der Waals surface area contributed by atoms with Gasteiger partial charge in [0.1, 0.15) is 5.82 Å². The highest BCUT2D eigenvalue weighted by Crippen LogP contribution is 2.20. The number of nitrogens with zero attached hydrogens (tertiary/aromatic N) is 1. The van der Waals surface area contributed by atoms with Gasteiger partial charge in [0.05, 0.1) is 0 Å². The summed E-state index contributed by atoms with van der Waals surface area (Å²) in [5, 5.41) is 3.18. The van der Waals surface area contributed by atoms with Gasteiger partial charge in [0.2, 0.25) is 5.91 Å². The van der Waals surface area contributed by atoms with Crippen molar-refractivity contribution in [3.63, 3.8) is 0 Å². The van der Waals surface area contributed by atoms with Crippen LogP contribution < -0.4 is 5.32 Å². The second-order valence-electron chi connectivity index (χ2n) is 7.58. The van der Waals surface area contributed by atoms with Crippen molar-refractivity contribution in [3.05, 3.63) is 71.5 Å². The number of hydrogen-bond donors (Lipinski definition) is 1. The topological polar surface area (TPSA) is 32.3 Å². The number of likely N-dealkylation sites (tertiary alicyclic amines) is 1. The van der Waals surface area contributed by atoms with Crippen molar-refractivity contribution in [2.24, 2.45) is 5.92 Å². The number of piperidine rings is 1. The highest BCUT2D eigenvalue weighted by atomic mass is 19.1. The molecule has 1 heterocycles. The fourth-order valence-corrected chi connectivity index (χ4v) is 3.68. The molecule has 0 radical (unpaired) electrons. The van der Waals surface area contributed by atoms with Crippen LogP contribution in [0.3, 0.4) is 0 Å². The van der Waals surface area contributed by atoms with Crippen LogP contribution in [0.5, 0.6) is 0 Å². The summed E-state index contributed by atoms with van der Waals surface area (Å²) in [6.45, 7) is 4.37. The molecule has 2 aromatic carbocycles. The zero-order chi connectivity index (χ0) is 19.1. The molecule has 1 aliphatic heterocycles. The van der Waals surface area contributed by atoms with Crippen molar-refractivity contribution < 1.29 is 9.18 Å². The zero-order valence-corrected chi connectivity index (χ0v) is 16.0. The van der Waals surface area contributed by atoms with E-state index < -0.39 is 0 Å². The van der Waals surface area contributed by atoms with E-state index in [-0.39, 0.29) is 23.7 Å². The average Bonchev–Trinajstić information content (AvgIpc) is 2.69. The molecule has 0 bridgehead atoms. The third kappa shape index (κ3) is 5.90. The largest absolute Gasteiger partial charge is 0.353 e. The number of carbonyl (C=O) groups excluding carboxylic acids is 1. The third-order valence-electron chi connectivity index (χ3n) is 5.41. The van der Waals surface area contributed by atoms with E-state index in [9.17, 15) is 9.18 Å². The van der Waals surface area contributed by atoms with E-state index in [1.54, 1.807) is 6.07 Å². The predicted molar refractivity (Wildman–Crippen MR) is 107 cm³/mol. The maximum Gasteiger partial charge on any atom is 0.223 e. The Hall–Kier alpha value is -2.20. The molecule has 2 aromatic rings. The van der Waals surface area contributed by atoms with Crippen LogP contribution in [0.1, 0.15) is 37.3 Å². The quantitative estimate of drug-likeness (QED) is 0.795. The lowest BCUT2D eigenvalue weighted by Crippen LogP contribution is -2.43.